The molecule has 6 nitrogen and oxygen atoms in total. The van der Waals surface area contributed by atoms with Crippen molar-refractivity contribution in [3.63, 3.8) is 0 Å². The first-order valence-corrected chi connectivity index (χ1v) is 10.6. The lowest BCUT2D eigenvalue weighted by Gasteiger charge is -2.38. The molecule has 0 saturated carbocycles. The molecule has 1 amide bonds. The van der Waals surface area contributed by atoms with Gasteiger partial charge in [0, 0.05) is 25.6 Å². The quantitative estimate of drug-likeness (QED) is 0.756. The van der Waals surface area contributed by atoms with Crippen molar-refractivity contribution in [1.29, 1.82) is 0 Å². The number of carbonyl (C=O) groups is 2. The lowest BCUT2D eigenvalue weighted by Crippen LogP contribution is -2.45. The summed E-state index contributed by atoms with van der Waals surface area (Å²) in [5, 5.41) is 18.9. The van der Waals surface area contributed by atoms with E-state index < -0.39 is 25.8 Å². The van der Waals surface area contributed by atoms with Gasteiger partial charge in [-0.1, -0.05) is 27.7 Å². The normalized spacial score (nSPS) is 26.3. The zero-order valence-electron chi connectivity index (χ0n) is 14.5. The van der Waals surface area contributed by atoms with Gasteiger partial charge in [-0.25, -0.2) is 4.79 Å². The topological polar surface area (TPSA) is 87.1 Å². The van der Waals surface area contributed by atoms with E-state index in [1.54, 1.807) is 6.92 Å². The van der Waals surface area contributed by atoms with Crippen LogP contribution in [0, 0.1) is 11.3 Å². The molecule has 7 heteroatoms. The van der Waals surface area contributed by atoms with Crippen LogP contribution in [0.1, 0.15) is 34.1 Å². The Morgan fingerprint density at radius 3 is 2.23 bits per heavy atom. The third kappa shape index (κ3) is 3.46. The van der Waals surface area contributed by atoms with Crippen LogP contribution in [0.2, 0.25) is 18.1 Å². The van der Waals surface area contributed by atoms with Crippen LogP contribution in [-0.4, -0.2) is 55.2 Å². The molecule has 128 valence electrons. The SMILES string of the molecule is CCC1(C(=O)O)CN(C(=O)O)CC1CO[Si](C)(C)C(C)(C)C. The molecule has 1 aliphatic heterocycles. The van der Waals surface area contributed by atoms with Gasteiger partial charge in [0.05, 0.1) is 5.41 Å². The molecule has 0 spiro atoms. The fraction of sp³-hybridized carbons (Fsp3) is 0.867. The number of carboxylic acid groups (broad SMARTS) is 2. The summed E-state index contributed by atoms with van der Waals surface area (Å²) in [4.78, 5) is 24.2. The maximum Gasteiger partial charge on any atom is 0.407 e. The standard InChI is InChI=1S/C15H29NO5Si/c1-7-15(12(17)18)10-16(13(19)20)8-11(15)9-21-22(5,6)14(2,3)4/h11H,7-10H2,1-6H3,(H,17,18)(H,19,20). The van der Waals surface area contributed by atoms with E-state index in [2.05, 4.69) is 33.9 Å². The average Bonchev–Trinajstić information content (AvgIpc) is 2.75. The largest absolute Gasteiger partial charge is 0.481 e. The van der Waals surface area contributed by atoms with E-state index in [0.29, 0.717) is 13.0 Å². The van der Waals surface area contributed by atoms with Crippen LogP contribution in [0.4, 0.5) is 4.79 Å². The van der Waals surface area contributed by atoms with Gasteiger partial charge in [0.1, 0.15) is 0 Å². The van der Waals surface area contributed by atoms with Crippen molar-refractivity contribution >= 4 is 20.4 Å². The Labute approximate surface area is 133 Å². The number of rotatable bonds is 5. The maximum absolute atomic E-state index is 11.8. The number of nitrogens with zero attached hydrogens (tertiary/aromatic N) is 1. The van der Waals surface area contributed by atoms with Gasteiger partial charge in [-0.3, -0.25) is 4.79 Å². The lowest BCUT2D eigenvalue weighted by atomic mass is 9.76. The number of hydrogen-bond donors (Lipinski definition) is 2. The lowest BCUT2D eigenvalue weighted by molar-refractivity contribution is -0.151. The number of carboxylic acids is 1. The van der Waals surface area contributed by atoms with Crippen LogP contribution in [0.3, 0.4) is 0 Å². The summed E-state index contributed by atoms with van der Waals surface area (Å²) in [5.41, 5.74) is -1.04. The molecule has 0 aliphatic carbocycles. The third-order valence-corrected chi connectivity index (χ3v) is 9.97. The van der Waals surface area contributed by atoms with Gasteiger partial charge >= 0.3 is 12.1 Å². The average molecular weight is 331 g/mol. The van der Waals surface area contributed by atoms with Crippen molar-refractivity contribution < 1.29 is 24.2 Å². The monoisotopic (exact) mass is 331 g/mol. The van der Waals surface area contributed by atoms with Crippen LogP contribution < -0.4 is 0 Å². The van der Waals surface area contributed by atoms with Gasteiger partial charge in [0.25, 0.3) is 0 Å². The second kappa shape index (κ2) is 6.20. The molecule has 1 aliphatic rings. The minimum absolute atomic E-state index is 0.0379. The van der Waals surface area contributed by atoms with Gasteiger partial charge < -0.3 is 19.5 Å². The van der Waals surface area contributed by atoms with Gasteiger partial charge in [0.15, 0.2) is 8.32 Å². The summed E-state index contributed by atoms with van der Waals surface area (Å²) in [6, 6.07) is 0. The first-order chi connectivity index (χ1) is 9.87. The van der Waals surface area contributed by atoms with Crippen molar-refractivity contribution in [2.24, 2.45) is 11.3 Å². The van der Waals surface area contributed by atoms with Crippen LogP contribution in [0.25, 0.3) is 0 Å². The highest BCUT2D eigenvalue weighted by Gasteiger charge is 2.53. The molecule has 0 aromatic rings. The molecule has 0 aromatic heterocycles. The minimum atomic E-state index is -1.99. The Hall–Kier alpha value is -1.08. The number of likely N-dealkylation sites (tertiary alicyclic amines) is 1. The predicted octanol–water partition coefficient (Wildman–Crippen LogP) is 3.10. The minimum Gasteiger partial charge on any atom is -0.481 e. The third-order valence-electron chi connectivity index (χ3n) is 5.47. The second-order valence-electron chi connectivity index (χ2n) is 7.75. The van der Waals surface area contributed by atoms with E-state index in [-0.39, 0.29) is 24.0 Å². The van der Waals surface area contributed by atoms with Crippen LogP contribution in [-0.2, 0) is 9.22 Å². The molecule has 22 heavy (non-hydrogen) atoms. The van der Waals surface area contributed by atoms with Crippen molar-refractivity contribution in [2.75, 3.05) is 19.7 Å². The molecule has 0 aromatic carbocycles. The molecule has 1 rings (SSSR count). The number of aliphatic carboxylic acids is 1. The Kier molecular flexibility index (Phi) is 5.34. The Bertz CT molecular complexity index is 446. The van der Waals surface area contributed by atoms with E-state index in [0.717, 1.165) is 0 Å². The first-order valence-electron chi connectivity index (χ1n) is 7.72. The van der Waals surface area contributed by atoms with Crippen LogP contribution in [0.15, 0.2) is 0 Å². The highest BCUT2D eigenvalue weighted by Crippen LogP contribution is 2.42. The Morgan fingerprint density at radius 1 is 1.32 bits per heavy atom. The first kappa shape index (κ1) is 19.0. The van der Waals surface area contributed by atoms with Crippen molar-refractivity contribution in [1.82, 2.24) is 4.90 Å². The zero-order chi connectivity index (χ0) is 17.3. The summed E-state index contributed by atoms with van der Waals surface area (Å²) in [7, 11) is -1.99. The summed E-state index contributed by atoms with van der Waals surface area (Å²) < 4.78 is 6.17. The Morgan fingerprint density at radius 2 is 1.86 bits per heavy atom. The van der Waals surface area contributed by atoms with Crippen LogP contribution >= 0.6 is 0 Å². The molecule has 0 bridgehead atoms. The number of amides is 1. The van der Waals surface area contributed by atoms with Crippen molar-refractivity contribution in [3.8, 4) is 0 Å². The van der Waals surface area contributed by atoms with Gasteiger partial charge in [0.2, 0.25) is 0 Å². The summed E-state index contributed by atoms with van der Waals surface area (Å²) in [6.45, 7) is 13.0. The van der Waals surface area contributed by atoms with E-state index in [1.807, 2.05) is 0 Å². The highest BCUT2D eigenvalue weighted by molar-refractivity contribution is 6.74. The molecule has 2 N–H and O–H groups in total. The summed E-state index contributed by atoms with van der Waals surface area (Å²) in [5.74, 6) is -1.23. The molecular weight excluding hydrogens is 302 g/mol. The van der Waals surface area contributed by atoms with Gasteiger partial charge in [-0.2, -0.15) is 0 Å². The van der Waals surface area contributed by atoms with Crippen molar-refractivity contribution in [3.05, 3.63) is 0 Å². The number of hydrogen-bond acceptors (Lipinski definition) is 3. The predicted molar refractivity (Wildman–Crippen MR) is 86.6 cm³/mol. The van der Waals surface area contributed by atoms with E-state index in [4.69, 9.17) is 4.43 Å². The summed E-state index contributed by atoms with van der Waals surface area (Å²) in [6.07, 6.45) is -0.661. The molecule has 2 unspecified atom stereocenters. The fourth-order valence-corrected chi connectivity index (χ4v) is 3.70. The van der Waals surface area contributed by atoms with E-state index in [9.17, 15) is 19.8 Å². The fourth-order valence-electron chi connectivity index (χ4n) is 2.65. The zero-order valence-corrected chi connectivity index (χ0v) is 15.5. The molecule has 1 saturated heterocycles. The smallest absolute Gasteiger partial charge is 0.407 e. The van der Waals surface area contributed by atoms with Gasteiger partial charge in [-0.15, -0.1) is 0 Å². The second-order valence-corrected chi connectivity index (χ2v) is 12.6. The molecule has 1 heterocycles. The van der Waals surface area contributed by atoms with Crippen LogP contribution in [0.5, 0.6) is 0 Å². The highest BCUT2D eigenvalue weighted by atomic mass is 28.4. The maximum atomic E-state index is 11.8. The van der Waals surface area contributed by atoms with E-state index >= 15 is 0 Å². The molecule has 0 radical (unpaired) electrons. The summed E-state index contributed by atoms with van der Waals surface area (Å²) >= 11 is 0. The van der Waals surface area contributed by atoms with Gasteiger partial charge in [-0.05, 0) is 24.6 Å². The molecule has 2 atom stereocenters. The molecular formula is C15H29NO5Si. The Balaban J connectivity index is 2.95. The van der Waals surface area contributed by atoms with E-state index in [1.165, 1.54) is 4.90 Å². The van der Waals surface area contributed by atoms with Crippen molar-refractivity contribution in [2.45, 2.75) is 52.2 Å². The molecule has 1 fully saturated rings.